The fraction of sp³-hybridized carbons (Fsp3) is 0.571. The molecular formula is C14H22IN. The Kier molecular flexibility index (Phi) is 6.36. The standard InChI is InChI=1S/C14H22IN/c1-4-11(3)14(16-5-2)10-12-6-8-13(15)9-7-12/h6-9,11,14,16H,4-5,10H2,1-3H3. The molecule has 0 saturated carbocycles. The minimum atomic E-state index is 0.607. The zero-order chi connectivity index (χ0) is 12.0. The molecule has 1 rings (SSSR count). The van der Waals surface area contributed by atoms with Crippen LogP contribution in [0, 0.1) is 9.49 Å². The van der Waals surface area contributed by atoms with Crippen LogP contribution in [0.5, 0.6) is 0 Å². The molecule has 2 heteroatoms. The molecular weight excluding hydrogens is 309 g/mol. The highest BCUT2D eigenvalue weighted by molar-refractivity contribution is 14.1. The van der Waals surface area contributed by atoms with E-state index in [0.717, 1.165) is 18.9 Å². The van der Waals surface area contributed by atoms with E-state index in [1.54, 1.807) is 0 Å². The van der Waals surface area contributed by atoms with E-state index in [9.17, 15) is 0 Å². The Morgan fingerprint density at radius 1 is 1.19 bits per heavy atom. The molecule has 0 radical (unpaired) electrons. The predicted octanol–water partition coefficient (Wildman–Crippen LogP) is 3.86. The maximum absolute atomic E-state index is 3.59. The quantitative estimate of drug-likeness (QED) is 0.781. The summed E-state index contributed by atoms with van der Waals surface area (Å²) in [4.78, 5) is 0. The molecule has 0 aliphatic heterocycles. The summed E-state index contributed by atoms with van der Waals surface area (Å²) >= 11 is 2.35. The highest BCUT2D eigenvalue weighted by Gasteiger charge is 2.14. The summed E-state index contributed by atoms with van der Waals surface area (Å²) in [6.45, 7) is 7.84. The molecule has 0 heterocycles. The third kappa shape index (κ3) is 4.42. The van der Waals surface area contributed by atoms with Crippen LogP contribution in [0.3, 0.4) is 0 Å². The molecule has 16 heavy (non-hydrogen) atoms. The second-order valence-corrected chi connectivity index (χ2v) is 5.63. The van der Waals surface area contributed by atoms with E-state index in [2.05, 4.69) is 72.9 Å². The van der Waals surface area contributed by atoms with Crippen molar-refractivity contribution < 1.29 is 0 Å². The van der Waals surface area contributed by atoms with Gasteiger partial charge in [-0.2, -0.15) is 0 Å². The normalized spacial score (nSPS) is 14.8. The lowest BCUT2D eigenvalue weighted by Gasteiger charge is -2.24. The molecule has 0 spiro atoms. The number of benzene rings is 1. The highest BCUT2D eigenvalue weighted by atomic mass is 127. The average Bonchev–Trinajstić information content (AvgIpc) is 2.30. The van der Waals surface area contributed by atoms with Crippen LogP contribution in [-0.2, 0) is 6.42 Å². The molecule has 0 aliphatic rings. The van der Waals surface area contributed by atoms with Gasteiger partial charge < -0.3 is 5.32 Å². The van der Waals surface area contributed by atoms with Gasteiger partial charge in [-0.05, 0) is 59.2 Å². The largest absolute Gasteiger partial charge is 0.314 e. The number of halogens is 1. The molecule has 0 aliphatic carbocycles. The fourth-order valence-electron chi connectivity index (χ4n) is 1.90. The van der Waals surface area contributed by atoms with Gasteiger partial charge in [0.05, 0.1) is 0 Å². The molecule has 1 aromatic rings. The van der Waals surface area contributed by atoms with E-state index in [0.29, 0.717) is 6.04 Å². The van der Waals surface area contributed by atoms with E-state index in [1.165, 1.54) is 15.6 Å². The van der Waals surface area contributed by atoms with Crippen molar-refractivity contribution >= 4 is 22.6 Å². The molecule has 0 bridgehead atoms. The first kappa shape index (κ1) is 14.0. The van der Waals surface area contributed by atoms with Crippen LogP contribution in [0.25, 0.3) is 0 Å². The number of hydrogen-bond acceptors (Lipinski definition) is 1. The maximum atomic E-state index is 3.59. The summed E-state index contributed by atoms with van der Waals surface area (Å²) in [5, 5.41) is 3.59. The number of rotatable bonds is 6. The van der Waals surface area contributed by atoms with Gasteiger partial charge >= 0.3 is 0 Å². The van der Waals surface area contributed by atoms with Crippen molar-refractivity contribution in [3.05, 3.63) is 33.4 Å². The lowest BCUT2D eigenvalue weighted by molar-refractivity contribution is 0.371. The first-order valence-corrected chi connectivity index (χ1v) is 7.23. The molecule has 0 amide bonds. The van der Waals surface area contributed by atoms with Gasteiger partial charge in [-0.15, -0.1) is 0 Å². The van der Waals surface area contributed by atoms with E-state index in [4.69, 9.17) is 0 Å². The summed E-state index contributed by atoms with van der Waals surface area (Å²) in [6, 6.07) is 9.48. The second-order valence-electron chi connectivity index (χ2n) is 4.38. The highest BCUT2D eigenvalue weighted by Crippen LogP contribution is 2.15. The smallest absolute Gasteiger partial charge is 0.0133 e. The lowest BCUT2D eigenvalue weighted by Crippen LogP contribution is -2.36. The number of nitrogens with one attached hydrogen (secondary N) is 1. The Hall–Kier alpha value is -0.0900. The molecule has 90 valence electrons. The summed E-state index contributed by atoms with van der Waals surface area (Å²) in [6.07, 6.45) is 2.38. The van der Waals surface area contributed by atoms with Crippen LogP contribution in [0.2, 0.25) is 0 Å². The van der Waals surface area contributed by atoms with E-state index in [1.807, 2.05) is 0 Å². The molecule has 1 aromatic carbocycles. The Balaban J connectivity index is 2.63. The van der Waals surface area contributed by atoms with Crippen molar-refractivity contribution in [2.45, 2.75) is 39.7 Å². The van der Waals surface area contributed by atoms with E-state index >= 15 is 0 Å². The van der Waals surface area contributed by atoms with Crippen LogP contribution >= 0.6 is 22.6 Å². The van der Waals surface area contributed by atoms with Gasteiger partial charge in [0.2, 0.25) is 0 Å². The topological polar surface area (TPSA) is 12.0 Å². The first-order valence-electron chi connectivity index (χ1n) is 6.15. The number of likely N-dealkylation sites (N-methyl/N-ethyl adjacent to an activating group) is 1. The third-order valence-electron chi connectivity index (χ3n) is 3.17. The third-order valence-corrected chi connectivity index (χ3v) is 3.89. The van der Waals surface area contributed by atoms with Crippen LogP contribution < -0.4 is 5.32 Å². The maximum Gasteiger partial charge on any atom is 0.0133 e. The molecule has 0 aromatic heterocycles. The van der Waals surface area contributed by atoms with Gasteiger partial charge in [0.25, 0.3) is 0 Å². The van der Waals surface area contributed by atoms with Crippen molar-refractivity contribution in [2.75, 3.05) is 6.54 Å². The molecule has 1 N–H and O–H groups in total. The molecule has 0 fully saturated rings. The first-order chi connectivity index (χ1) is 7.67. The van der Waals surface area contributed by atoms with Crippen molar-refractivity contribution in [1.29, 1.82) is 0 Å². The monoisotopic (exact) mass is 331 g/mol. The Labute approximate surface area is 113 Å². The summed E-state index contributed by atoms with van der Waals surface area (Å²) in [5.74, 6) is 0.735. The second kappa shape index (κ2) is 7.28. The zero-order valence-corrected chi connectivity index (χ0v) is 12.6. The molecule has 0 saturated heterocycles. The Morgan fingerprint density at radius 2 is 1.81 bits per heavy atom. The zero-order valence-electron chi connectivity index (χ0n) is 10.5. The molecule has 1 nitrogen and oxygen atoms in total. The van der Waals surface area contributed by atoms with Crippen LogP contribution in [-0.4, -0.2) is 12.6 Å². The van der Waals surface area contributed by atoms with Gasteiger partial charge in [-0.25, -0.2) is 0 Å². The average molecular weight is 331 g/mol. The molecule has 2 unspecified atom stereocenters. The van der Waals surface area contributed by atoms with E-state index < -0.39 is 0 Å². The van der Waals surface area contributed by atoms with Gasteiger partial charge in [0.1, 0.15) is 0 Å². The van der Waals surface area contributed by atoms with Gasteiger partial charge in [-0.1, -0.05) is 39.3 Å². The van der Waals surface area contributed by atoms with Gasteiger partial charge in [0.15, 0.2) is 0 Å². The van der Waals surface area contributed by atoms with Crippen LogP contribution in [0.15, 0.2) is 24.3 Å². The van der Waals surface area contributed by atoms with Gasteiger partial charge in [0, 0.05) is 9.61 Å². The van der Waals surface area contributed by atoms with Crippen molar-refractivity contribution in [3.8, 4) is 0 Å². The van der Waals surface area contributed by atoms with Crippen LogP contribution in [0.4, 0.5) is 0 Å². The summed E-state index contributed by atoms with van der Waals surface area (Å²) < 4.78 is 1.31. The predicted molar refractivity (Wildman–Crippen MR) is 79.8 cm³/mol. The summed E-state index contributed by atoms with van der Waals surface area (Å²) in [7, 11) is 0. The van der Waals surface area contributed by atoms with Crippen LogP contribution in [0.1, 0.15) is 32.8 Å². The minimum Gasteiger partial charge on any atom is -0.314 e. The Morgan fingerprint density at radius 3 is 2.31 bits per heavy atom. The van der Waals surface area contributed by atoms with E-state index in [-0.39, 0.29) is 0 Å². The Bertz CT molecular complexity index is 294. The lowest BCUT2D eigenvalue weighted by atomic mass is 9.93. The SMILES string of the molecule is CCNC(Cc1ccc(I)cc1)C(C)CC. The minimum absolute atomic E-state index is 0.607. The molecule has 2 atom stereocenters. The van der Waals surface area contributed by atoms with Crippen molar-refractivity contribution in [3.63, 3.8) is 0 Å². The van der Waals surface area contributed by atoms with Crippen molar-refractivity contribution in [2.24, 2.45) is 5.92 Å². The summed E-state index contributed by atoms with van der Waals surface area (Å²) in [5.41, 5.74) is 1.44. The van der Waals surface area contributed by atoms with Gasteiger partial charge in [-0.3, -0.25) is 0 Å². The van der Waals surface area contributed by atoms with Crippen molar-refractivity contribution in [1.82, 2.24) is 5.32 Å². The fourth-order valence-corrected chi connectivity index (χ4v) is 2.26. The number of hydrogen-bond donors (Lipinski definition) is 1.